The van der Waals surface area contributed by atoms with Crippen LogP contribution in [-0.2, 0) is 6.54 Å². The van der Waals surface area contributed by atoms with Crippen molar-refractivity contribution in [2.45, 2.75) is 13.0 Å². The topological polar surface area (TPSA) is 50.6 Å². The molecular weight excluding hydrogens is 352 g/mol. The molecule has 28 heavy (non-hydrogen) atoms. The van der Waals surface area contributed by atoms with Crippen LogP contribution in [0.15, 0.2) is 73.1 Å². The summed E-state index contributed by atoms with van der Waals surface area (Å²) in [7, 11) is 0. The van der Waals surface area contributed by atoms with E-state index in [1.807, 2.05) is 47.4 Å². The smallest absolute Gasteiger partial charge is 0.344 e. The molecule has 6 heteroatoms. The highest BCUT2D eigenvalue weighted by molar-refractivity contribution is 5.75. The van der Waals surface area contributed by atoms with E-state index >= 15 is 0 Å². The molecule has 1 amide bonds. The van der Waals surface area contributed by atoms with E-state index < -0.39 is 0 Å². The van der Waals surface area contributed by atoms with Gasteiger partial charge in [0.25, 0.3) is 0 Å². The molecule has 1 saturated heterocycles. The fourth-order valence-electron chi connectivity index (χ4n) is 3.39. The van der Waals surface area contributed by atoms with Crippen molar-refractivity contribution in [1.29, 1.82) is 0 Å². The van der Waals surface area contributed by atoms with Crippen molar-refractivity contribution in [2.24, 2.45) is 0 Å². The molecule has 1 aliphatic rings. The lowest BCUT2D eigenvalue weighted by molar-refractivity contribution is 0.196. The van der Waals surface area contributed by atoms with Gasteiger partial charge in [-0.1, -0.05) is 30.3 Å². The number of para-hydroxylation sites is 1. The summed E-state index contributed by atoms with van der Waals surface area (Å²) in [6, 6.07) is 19.7. The third kappa shape index (κ3) is 4.58. The highest BCUT2D eigenvalue weighted by Gasteiger charge is 2.20. The van der Waals surface area contributed by atoms with Gasteiger partial charge in [-0.25, -0.2) is 4.79 Å². The zero-order valence-electron chi connectivity index (χ0n) is 15.8. The minimum absolute atomic E-state index is 0.0470. The first kappa shape index (κ1) is 18.3. The van der Waals surface area contributed by atoms with E-state index in [0.717, 1.165) is 44.1 Å². The fraction of sp³-hybridized carbons (Fsp3) is 0.273. The number of aromatic nitrogens is 2. The molecule has 6 nitrogen and oxygen atoms in total. The molecule has 4 rings (SSSR count). The number of hydrogen-bond acceptors (Lipinski definition) is 4. The van der Waals surface area contributed by atoms with E-state index in [1.54, 1.807) is 18.5 Å². The summed E-state index contributed by atoms with van der Waals surface area (Å²) >= 11 is 0. The summed E-state index contributed by atoms with van der Waals surface area (Å²) in [5.74, 6) is 1.67. The van der Waals surface area contributed by atoms with Gasteiger partial charge in [0.1, 0.15) is 11.5 Å². The molecule has 0 bridgehead atoms. The summed E-state index contributed by atoms with van der Waals surface area (Å²) in [6.45, 7) is 4.18. The third-order valence-corrected chi connectivity index (χ3v) is 4.87. The Morgan fingerprint density at radius 1 is 0.893 bits per heavy atom. The molecule has 3 aromatic rings. The lowest BCUT2D eigenvalue weighted by atomic mass is 10.2. The molecule has 1 fully saturated rings. The van der Waals surface area contributed by atoms with Crippen molar-refractivity contribution in [2.75, 3.05) is 26.2 Å². The normalized spacial score (nSPS) is 15.2. The standard InChI is InChI=1S/C22H24N4O2/c27-22(26-15-4-12-23-26)25-14-5-13-24(16-17-25)18-19-8-10-21(11-9-19)28-20-6-2-1-3-7-20/h1-4,6-12,15H,5,13-14,16-18H2. The first-order valence-electron chi connectivity index (χ1n) is 9.61. The molecule has 0 saturated carbocycles. The Labute approximate surface area is 164 Å². The van der Waals surface area contributed by atoms with Gasteiger partial charge in [-0.2, -0.15) is 9.78 Å². The van der Waals surface area contributed by atoms with E-state index in [1.165, 1.54) is 10.2 Å². The number of benzene rings is 2. The van der Waals surface area contributed by atoms with Crippen LogP contribution in [0.2, 0.25) is 0 Å². The van der Waals surface area contributed by atoms with Crippen molar-refractivity contribution in [3.8, 4) is 11.5 Å². The van der Waals surface area contributed by atoms with Gasteiger partial charge in [0.15, 0.2) is 0 Å². The van der Waals surface area contributed by atoms with Crippen LogP contribution in [0.25, 0.3) is 0 Å². The summed E-state index contributed by atoms with van der Waals surface area (Å²) in [4.78, 5) is 16.7. The van der Waals surface area contributed by atoms with Crippen molar-refractivity contribution in [3.63, 3.8) is 0 Å². The quantitative estimate of drug-likeness (QED) is 0.694. The third-order valence-electron chi connectivity index (χ3n) is 4.87. The van der Waals surface area contributed by atoms with Crippen molar-refractivity contribution in [1.82, 2.24) is 19.6 Å². The van der Waals surface area contributed by atoms with Crippen LogP contribution in [0.5, 0.6) is 11.5 Å². The highest BCUT2D eigenvalue weighted by atomic mass is 16.5. The summed E-state index contributed by atoms with van der Waals surface area (Å²) in [5, 5.41) is 4.05. The van der Waals surface area contributed by atoms with Crippen LogP contribution >= 0.6 is 0 Å². The first-order chi connectivity index (χ1) is 13.8. The Balaban J connectivity index is 1.31. The molecule has 2 heterocycles. The highest BCUT2D eigenvalue weighted by Crippen LogP contribution is 2.21. The second-order valence-electron chi connectivity index (χ2n) is 6.91. The molecule has 0 spiro atoms. The number of carbonyl (C=O) groups excluding carboxylic acids is 1. The minimum Gasteiger partial charge on any atom is -0.457 e. The largest absolute Gasteiger partial charge is 0.457 e. The minimum atomic E-state index is -0.0470. The predicted octanol–water partition coefficient (Wildman–Crippen LogP) is 3.85. The molecule has 1 aromatic heterocycles. The fourth-order valence-corrected chi connectivity index (χ4v) is 3.39. The Kier molecular flexibility index (Phi) is 5.68. The first-order valence-corrected chi connectivity index (χ1v) is 9.61. The Morgan fingerprint density at radius 2 is 1.68 bits per heavy atom. The number of nitrogens with zero attached hydrogens (tertiary/aromatic N) is 4. The maximum Gasteiger partial charge on any atom is 0.344 e. The molecule has 0 atom stereocenters. The van der Waals surface area contributed by atoms with Gasteiger partial charge in [0, 0.05) is 45.1 Å². The number of rotatable bonds is 4. The van der Waals surface area contributed by atoms with Crippen molar-refractivity contribution >= 4 is 6.03 Å². The van der Waals surface area contributed by atoms with Gasteiger partial charge in [-0.05, 0) is 42.3 Å². The number of amides is 1. The number of carbonyl (C=O) groups is 1. The van der Waals surface area contributed by atoms with E-state index in [-0.39, 0.29) is 6.03 Å². The van der Waals surface area contributed by atoms with Crippen molar-refractivity contribution < 1.29 is 9.53 Å². The van der Waals surface area contributed by atoms with Crippen LogP contribution in [-0.4, -0.2) is 51.8 Å². The van der Waals surface area contributed by atoms with E-state index in [4.69, 9.17) is 4.74 Å². The molecule has 0 radical (unpaired) electrons. The average molecular weight is 376 g/mol. The summed E-state index contributed by atoms with van der Waals surface area (Å²) in [6.07, 6.45) is 4.29. The predicted molar refractivity (Wildman–Crippen MR) is 107 cm³/mol. The maximum atomic E-state index is 12.5. The van der Waals surface area contributed by atoms with Gasteiger partial charge >= 0.3 is 6.03 Å². The van der Waals surface area contributed by atoms with Crippen LogP contribution in [0, 0.1) is 0 Å². The van der Waals surface area contributed by atoms with Gasteiger partial charge in [0.05, 0.1) is 0 Å². The molecular formula is C22H24N4O2. The van der Waals surface area contributed by atoms with Crippen LogP contribution < -0.4 is 4.74 Å². The van der Waals surface area contributed by atoms with Crippen LogP contribution in [0.4, 0.5) is 4.79 Å². The van der Waals surface area contributed by atoms with E-state index in [0.29, 0.717) is 6.54 Å². The summed E-state index contributed by atoms with van der Waals surface area (Å²) < 4.78 is 7.26. The van der Waals surface area contributed by atoms with E-state index in [2.05, 4.69) is 22.1 Å². The molecule has 2 aromatic carbocycles. The Hall–Kier alpha value is -3.12. The van der Waals surface area contributed by atoms with E-state index in [9.17, 15) is 4.79 Å². The molecule has 1 aliphatic heterocycles. The zero-order chi connectivity index (χ0) is 19.2. The molecule has 0 N–H and O–H groups in total. The lowest BCUT2D eigenvalue weighted by Crippen LogP contribution is -2.38. The second kappa shape index (κ2) is 8.71. The summed E-state index contributed by atoms with van der Waals surface area (Å²) in [5.41, 5.74) is 1.24. The van der Waals surface area contributed by atoms with Crippen LogP contribution in [0.3, 0.4) is 0 Å². The maximum absolute atomic E-state index is 12.5. The van der Waals surface area contributed by atoms with Gasteiger partial charge in [-0.15, -0.1) is 0 Å². The molecule has 0 aliphatic carbocycles. The number of hydrogen-bond donors (Lipinski definition) is 0. The van der Waals surface area contributed by atoms with Crippen molar-refractivity contribution in [3.05, 3.63) is 78.6 Å². The Bertz CT molecular complexity index is 879. The number of ether oxygens (including phenoxy) is 1. The second-order valence-corrected chi connectivity index (χ2v) is 6.91. The lowest BCUT2D eigenvalue weighted by Gasteiger charge is -2.21. The van der Waals surface area contributed by atoms with Gasteiger partial charge in [0.2, 0.25) is 0 Å². The zero-order valence-corrected chi connectivity index (χ0v) is 15.8. The monoisotopic (exact) mass is 376 g/mol. The average Bonchev–Trinajstić information content (AvgIpc) is 3.17. The molecule has 144 valence electrons. The van der Waals surface area contributed by atoms with Crippen LogP contribution in [0.1, 0.15) is 12.0 Å². The molecule has 0 unspecified atom stereocenters. The van der Waals surface area contributed by atoms with Gasteiger partial charge < -0.3 is 9.64 Å². The van der Waals surface area contributed by atoms with Gasteiger partial charge in [-0.3, -0.25) is 4.90 Å². The SMILES string of the molecule is O=C(N1CCCN(Cc2ccc(Oc3ccccc3)cc2)CC1)n1cccn1. The Morgan fingerprint density at radius 3 is 2.43 bits per heavy atom.